The van der Waals surface area contributed by atoms with Gasteiger partial charge in [-0.1, -0.05) is 6.08 Å². The molecule has 0 fully saturated rings. The number of nitrogens with one attached hydrogen (secondary N) is 1. The largest absolute Gasteiger partial charge is 0.467 e. The first-order chi connectivity index (χ1) is 7.65. The molecular formula is C10H18N2O4. The van der Waals surface area contributed by atoms with Crippen molar-refractivity contribution in [2.24, 2.45) is 5.73 Å². The number of ether oxygens (including phenoxy) is 2. The molecular weight excluding hydrogens is 212 g/mol. The van der Waals surface area contributed by atoms with Crippen molar-refractivity contribution in [2.45, 2.75) is 12.5 Å². The van der Waals surface area contributed by atoms with E-state index in [-0.39, 0.29) is 6.54 Å². The molecule has 1 amide bonds. The van der Waals surface area contributed by atoms with Crippen LogP contribution in [0.25, 0.3) is 0 Å². The standard InChI is InChI=1S/C10H18N2O4/c1-3-5-16-6-4-8(10(14)15-2)12-9(13)7-11/h3,8H,1,4-7,11H2,2H3,(H,12,13). The first kappa shape index (κ1) is 14.6. The minimum absolute atomic E-state index is 0.166. The number of hydrogen-bond acceptors (Lipinski definition) is 5. The fourth-order valence-electron chi connectivity index (χ4n) is 1.01. The van der Waals surface area contributed by atoms with Gasteiger partial charge in [-0.3, -0.25) is 4.79 Å². The van der Waals surface area contributed by atoms with Crippen molar-refractivity contribution in [3.63, 3.8) is 0 Å². The summed E-state index contributed by atoms with van der Waals surface area (Å²) in [4.78, 5) is 22.3. The van der Waals surface area contributed by atoms with E-state index in [2.05, 4.69) is 16.6 Å². The molecule has 6 heteroatoms. The fourth-order valence-corrected chi connectivity index (χ4v) is 1.01. The molecule has 0 saturated heterocycles. The monoisotopic (exact) mass is 230 g/mol. The summed E-state index contributed by atoms with van der Waals surface area (Å²) < 4.78 is 9.66. The number of hydrogen-bond donors (Lipinski definition) is 2. The van der Waals surface area contributed by atoms with Crippen molar-refractivity contribution in [1.29, 1.82) is 0 Å². The lowest BCUT2D eigenvalue weighted by Crippen LogP contribution is -2.44. The van der Waals surface area contributed by atoms with Gasteiger partial charge in [0.05, 0.1) is 20.3 Å². The highest BCUT2D eigenvalue weighted by atomic mass is 16.5. The Morgan fingerprint density at radius 3 is 2.75 bits per heavy atom. The second-order valence-electron chi connectivity index (χ2n) is 3.00. The summed E-state index contributed by atoms with van der Waals surface area (Å²) in [6.07, 6.45) is 1.94. The van der Waals surface area contributed by atoms with E-state index in [9.17, 15) is 9.59 Å². The van der Waals surface area contributed by atoms with Gasteiger partial charge < -0.3 is 20.5 Å². The highest BCUT2D eigenvalue weighted by Crippen LogP contribution is 1.96. The minimum atomic E-state index is -0.717. The Morgan fingerprint density at radius 2 is 2.25 bits per heavy atom. The van der Waals surface area contributed by atoms with Crippen LogP contribution < -0.4 is 11.1 Å². The maximum atomic E-state index is 11.3. The summed E-state index contributed by atoms with van der Waals surface area (Å²) in [5, 5.41) is 2.45. The van der Waals surface area contributed by atoms with Crippen LogP contribution in [-0.2, 0) is 19.1 Å². The molecule has 0 rings (SSSR count). The normalized spacial score (nSPS) is 11.6. The Hall–Kier alpha value is -1.40. The average Bonchev–Trinajstić information content (AvgIpc) is 2.31. The molecule has 1 atom stereocenters. The second-order valence-corrected chi connectivity index (χ2v) is 3.00. The van der Waals surface area contributed by atoms with Crippen LogP contribution in [0.2, 0.25) is 0 Å². The molecule has 0 aromatic carbocycles. The van der Waals surface area contributed by atoms with Crippen LogP contribution in [0.5, 0.6) is 0 Å². The van der Waals surface area contributed by atoms with Gasteiger partial charge in [0, 0.05) is 13.0 Å². The smallest absolute Gasteiger partial charge is 0.328 e. The molecule has 0 aliphatic rings. The number of esters is 1. The van der Waals surface area contributed by atoms with Crippen LogP contribution >= 0.6 is 0 Å². The topological polar surface area (TPSA) is 90.6 Å². The zero-order chi connectivity index (χ0) is 12.4. The van der Waals surface area contributed by atoms with Crippen molar-refractivity contribution >= 4 is 11.9 Å². The van der Waals surface area contributed by atoms with Crippen molar-refractivity contribution in [2.75, 3.05) is 26.9 Å². The van der Waals surface area contributed by atoms with Gasteiger partial charge in [-0.25, -0.2) is 4.79 Å². The van der Waals surface area contributed by atoms with Crippen LogP contribution in [0.4, 0.5) is 0 Å². The Kier molecular flexibility index (Phi) is 8.10. The average molecular weight is 230 g/mol. The van der Waals surface area contributed by atoms with Gasteiger partial charge in [0.15, 0.2) is 0 Å². The molecule has 0 radical (unpaired) electrons. The third kappa shape index (κ3) is 6.15. The van der Waals surface area contributed by atoms with E-state index in [1.807, 2.05) is 0 Å². The van der Waals surface area contributed by atoms with Gasteiger partial charge in [0.25, 0.3) is 0 Å². The first-order valence-electron chi connectivity index (χ1n) is 4.91. The van der Waals surface area contributed by atoms with Crippen LogP contribution in [0.15, 0.2) is 12.7 Å². The van der Waals surface area contributed by atoms with Gasteiger partial charge in [-0.2, -0.15) is 0 Å². The molecule has 0 spiro atoms. The Labute approximate surface area is 94.8 Å². The Bertz CT molecular complexity index is 243. The first-order valence-corrected chi connectivity index (χ1v) is 4.91. The van der Waals surface area contributed by atoms with Crippen LogP contribution in [0.3, 0.4) is 0 Å². The quantitative estimate of drug-likeness (QED) is 0.323. The summed E-state index contributed by atoms with van der Waals surface area (Å²) in [5.41, 5.74) is 5.13. The van der Waals surface area contributed by atoms with Gasteiger partial charge in [0.1, 0.15) is 6.04 Å². The molecule has 3 N–H and O–H groups in total. The lowest BCUT2D eigenvalue weighted by Gasteiger charge is -2.15. The van der Waals surface area contributed by atoms with E-state index >= 15 is 0 Å². The number of carbonyl (C=O) groups excluding carboxylic acids is 2. The zero-order valence-electron chi connectivity index (χ0n) is 9.40. The molecule has 6 nitrogen and oxygen atoms in total. The van der Waals surface area contributed by atoms with E-state index in [0.29, 0.717) is 19.6 Å². The number of amides is 1. The fraction of sp³-hybridized carbons (Fsp3) is 0.600. The predicted molar refractivity (Wildman–Crippen MR) is 58.6 cm³/mol. The summed E-state index contributed by atoms with van der Waals surface area (Å²) >= 11 is 0. The van der Waals surface area contributed by atoms with Crippen molar-refractivity contribution in [3.05, 3.63) is 12.7 Å². The third-order valence-electron chi connectivity index (χ3n) is 1.79. The third-order valence-corrected chi connectivity index (χ3v) is 1.79. The van der Waals surface area contributed by atoms with Gasteiger partial charge in [0.2, 0.25) is 5.91 Å². The van der Waals surface area contributed by atoms with E-state index in [1.54, 1.807) is 6.08 Å². The second kappa shape index (κ2) is 8.87. The van der Waals surface area contributed by atoms with Crippen LogP contribution in [-0.4, -0.2) is 44.8 Å². The van der Waals surface area contributed by atoms with Crippen molar-refractivity contribution in [1.82, 2.24) is 5.32 Å². The molecule has 0 heterocycles. The molecule has 16 heavy (non-hydrogen) atoms. The Balaban J connectivity index is 4.05. The lowest BCUT2D eigenvalue weighted by molar-refractivity contribution is -0.145. The lowest BCUT2D eigenvalue weighted by atomic mass is 10.2. The van der Waals surface area contributed by atoms with E-state index in [4.69, 9.17) is 10.5 Å². The molecule has 0 aliphatic carbocycles. The van der Waals surface area contributed by atoms with E-state index in [0.717, 1.165) is 0 Å². The van der Waals surface area contributed by atoms with Gasteiger partial charge >= 0.3 is 5.97 Å². The van der Waals surface area contributed by atoms with Crippen molar-refractivity contribution < 1.29 is 19.1 Å². The van der Waals surface area contributed by atoms with Crippen molar-refractivity contribution in [3.8, 4) is 0 Å². The molecule has 0 saturated carbocycles. The maximum absolute atomic E-state index is 11.3. The maximum Gasteiger partial charge on any atom is 0.328 e. The van der Waals surface area contributed by atoms with E-state index in [1.165, 1.54) is 7.11 Å². The summed E-state index contributed by atoms with van der Waals surface area (Å²) in [6, 6.07) is -0.717. The number of methoxy groups -OCH3 is 1. The zero-order valence-corrected chi connectivity index (χ0v) is 9.40. The van der Waals surface area contributed by atoms with Crippen LogP contribution in [0, 0.1) is 0 Å². The molecule has 0 aliphatic heterocycles. The number of carbonyl (C=O) groups is 2. The molecule has 0 aromatic rings. The summed E-state index contributed by atoms with van der Waals surface area (Å²) in [5.74, 6) is -0.914. The molecule has 92 valence electrons. The number of rotatable bonds is 8. The molecule has 0 aromatic heterocycles. The van der Waals surface area contributed by atoms with E-state index < -0.39 is 17.9 Å². The molecule has 1 unspecified atom stereocenters. The summed E-state index contributed by atoms with van der Waals surface area (Å²) in [6.45, 7) is 4.05. The summed E-state index contributed by atoms with van der Waals surface area (Å²) in [7, 11) is 1.26. The minimum Gasteiger partial charge on any atom is -0.467 e. The number of nitrogens with two attached hydrogens (primary N) is 1. The highest BCUT2D eigenvalue weighted by Gasteiger charge is 2.20. The van der Waals surface area contributed by atoms with Gasteiger partial charge in [-0.05, 0) is 0 Å². The Morgan fingerprint density at radius 1 is 1.56 bits per heavy atom. The predicted octanol–water partition coefficient (Wildman–Crippen LogP) is -0.804. The highest BCUT2D eigenvalue weighted by molar-refractivity contribution is 5.85. The molecule has 0 bridgehead atoms. The van der Waals surface area contributed by atoms with Gasteiger partial charge in [-0.15, -0.1) is 6.58 Å². The SMILES string of the molecule is C=CCOCCC(NC(=O)CN)C(=O)OC. The van der Waals surface area contributed by atoms with Crippen LogP contribution in [0.1, 0.15) is 6.42 Å².